The Kier molecular flexibility index (Phi) is 5.00. The molecular weight excluding hydrogens is 376 g/mol. The van der Waals surface area contributed by atoms with Gasteiger partial charge in [-0.25, -0.2) is 4.68 Å². The predicted octanol–water partition coefficient (Wildman–Crippen LogP) is 3.78. The van der Waals surface area contributed by atoms with Gasteiger partial charge in [-0.15, -0.1) is 0 Å². The Labute approximate surface area is 169 Å². The van der Waals surface area contributed by atoms with Gasteiger partial charge in [-0.05, 0) is 44.2 Å². The molecule has 0 bridgehead atoms. The lowest BCUT2D eigenvalue weighted by Crippen LogP contribution is -2.48. The molecular formula is C21H23ClN4O2. The number of benzene rings is 1. The van der Waals surface area contributed by atoms with E-state index in [2.05, 4.69) is 0 Å². The van der Waals surface area contributed by atoms with Gasteiger partial charge in [0.2, 0.25) is 0 Å². The van der Waals surface area contributed by atoms with E-state index in [1.807, 2.05) is 73.0 Å². The zero-order chi connectivity index (χ0) is 19.8. The second kappa shape index (κ2) is 7.45. The summed E-state index contributed by atoms with van der Waals surface area (Å²) in [4.78, 5) is 15.3. The first-order chi connectivity index (χ1) is 13.4. The molecule has 1 aliphatic rings. The fourth-order valence-electron chi connectivity index (χ4n) is 3.70. The molecule has 1 saturated heterocycles. The maximum atomic E-state index is 13.4. The zero-order valence-corrected chi connectivity index (χ0v) is 16.9. The number of aryl methyl sites for hydroxylation is 1. The van der Waals surface area contributed by atoms with E-state index in [1.54, 1.807) is 10.7 Å². The van der Waals surface area contributed by atoms with Crippen molar-refractivity contribution in [3.63, 3.8) is 0 Å². The molecule has 1 aliphatic heterocycles. The Hall–Kier alpha value is -2.57. The Morgan fingerprint density at radius 3 is 2.50 bits per heavy atom. The van der Waals surface area contributed by atoms with Crippen LogP contribution in [0.15, 0.2) is 48.7 Å². The third-order valence-electron chi connectivity index (χ3n) is 4.92. The van der Waals surface area contributed by atoms with Gasteiger partial charge in [0.05, 0.1) is 28.6 Å². The Bertz CT molecular complexity index is 1000. The minimum Gasteiger partial charge on any atom is -0.372 e. The number of hydrogen-bond acceptors (Lipinski definition) is 3. The number of nitrogens with zero attached hydrogens (tertiary/aromatic N) is 4. The molecule has 146 valence electrons. The van der Waals surface area contributed by atoms with Crippen LogP contribution in [0.2, 0.25) is 5.02 Å². The highest BCUT2D eigenvalue weighted by Crippen LogP contribution is 2.27. The maximum Gasteiger partial charge on any atom is 0.272 e. The van der Waals surface area contributed by atoms with Gasteiger partial charge in [-0.3, -0.25) is 4.79 Å². The first-order valence-corrected chi connectivity index (χ1v) is 9.73. The van der Waals surface area contributed by atoms with E-state index in [0.717, 1.165) is 11.4 Å². The summed E-state index contributed by atoms with van der Waals surface area (Å²) in [6.07, 6.45) is 1.95. The zero-order valence-electron chi connectivity index (χ0n) is 16.2. The molecule has 4 rings (SSSR count). The number of carbonyl (C=O) groups is 1. The molecule has 0 radical (unpaired) electrons. The first kappa shape index (κ1) is 18.8. The van der Waals surface area contributed by atoms with Crippen molar-refractivity contribution < 1.29 is 9.53 Å². The standard InChI is InChI=1S/C21H23ClN4O2/c1-14-12-25(13-15(2)28-14)21(27)20-11-17(19-9-6-10-24(19)3)23-26(20)18-8-5-4-7-16(18)22/h4-11,14-15H,12-13H2,1-3H3/t14-,15-/m0/s1. The highest BCUT2D eigenvalue weighted by atomic mass is 35.5. The molecule has 0 spiro atoms. The Morgan fingerprint density at radius 1 is 1.14 bits per heavy atom. The molecule has 0 aliphatic carbocycles. The van der Waals surface area contributed by atoms with E-state index < -0.39 is 0 Å². The van der Waals surface area contributed by atoms with Gasteiger partial charge in [0, 0.05) is 26.3 Å². The molecule has 6 nitrogen and oxygen atoms in total. The molecule has 7 heteroatoms. The summed E-state index contributed by atoms with van der Waals surface area (Å²) >= 11 is 6.42. The van der Waals surface area contributed by atoms with Gasteiger partial charge >= 0.3 is 0 Å². The average molecular weight is 399 g/mol. The van der Waals surface area contributed by atoms with Gasteiger partial charge in [-0.1, -0.05) is 23.7 Å². The van der Waals surface area contributed by atoms with Crippen molar-refractivity contribution in [2.24, 2.45) is 7.05 Å². The molecule has 1 fully saturated rings. The molecule has 1 amide bonds. The number of ether oxygens (including phenoxy) is 1. The van der Waals surface area contributed by atoms with Crippen molar-refractivity contribution in [3.05, 3.63) is 59.4 Å². The molecule has 0 unspecified atom stereocenters. The summed E-state index contributed by atoms with van der Waals surface area (Å²) in [5, 5.41) is 5.27. The fraction of sp³-hybridized carbons (Fsp3) is 0.333. The van der Waals surface area contributed by atoms with Gasteiger partial charge in [0.25, 0.3) is 5.91 Å². The summed E-state index contributed by atoms with van der Waals surface area (Å²) in [5.74, 6) is -0.0742. The maximum absolute atomic E-state index is 13.4. The first-order valence-electron chi connectivity index (χ1n) is 9.35. The summed E-state index contributed by atoms with van der Waals surface area (Å²) in [7, 11) is 1.96. The number of carbonyl (C=O) groups excluding carboxylic acids is 1. The van der Waals surface area contributed by atoms with Gasteiger partial charge in [0.15, 0.2) is 0 Å². The second-order valence-electron chi connectivity index (χ2n) is 7.25. The number of rotatable bonds is 3. The van der Waals surface area contributed by atoms with Crippen LogP contribution < -0.4 is 0 Å². The lowest BCUT2D eigenvalue weighted by molar-refractivity contribution is -0.0588. The van der Waals surface area contributed by atoms with Crippen LogP contribution in [0.5, 0.6) is 0 Å². The van der Waals surface area contributed by atoms with E-state index in [1.165, 1.54) is 0 Å². The minimum absolute atomic E-state index is 0.00303. The molecule has 0 saturated carbocycles. The van der Waals surface area contributed by atoms with Gasteiger partial charge in [0.1, 0.15) is 11.4 Å². The van der Waals surface area contributed by atoms with Gasteiger partial charge < -0.3 is 14.2 Å². The quantitative estimate of drug-likeness (QED) is 0.674. The lowest BCUT2D eigenvalue weighted by atomic mass is 10.2. The van der Waals surface area contributed by atoms with Crippen molar-refractivity contribution in [1.82, 2.24) is 19.2 Å². The van der Waals surface area contributed by atoms with E-state index in [0.29, 0.717) is 29.5 Å². The third-order valence-corrected chi connectivity index (χ3v) is 5.24. The molecule has 1 aromatic carbocycles. The van der Waals surface area contributed by atoms with Gasteiger partial charge in [-0.2, -0.15) is 5.10 Å². The largest absolute Gasteiger partial charge is 0.372 e. The van der Waals surface area contributed by atoms with Crippen LogP contribution in [0.25, 0.3) is 17.1 Å². The topological polar surface area (TPSA) is 52.3 Å². The normalized spacial score (nSPS) is 19.8. The monoisotopic (exact) mass is 398 g/mol. The lowest BCUT2D eigenvalue weighted by Gasteiger charge is -2.35. The van der Waals surface area contributed by atoms with E-state index in [9.17, 15) is 4.79 Å². The van der Waals surface area contributed by atoms with Crippen LogP contribution in [-0.2, 0) is 11.8 Å². The SMILES string of the molecule is C[C@H]1CN(C(=O)c2cc(-c3cccn3C)nn2-c2ccccc2Cl)C[C@H](C)O1. The van der Waals surface area contributed by atoms with Crippen molar-refractivity contribution >= 4 is 17.5 Å². The molecule has 3 heterocycles. The molecule has 0 N–H and O–H groups in total. The van der Waals surface area contributed by atoms with Crippen molar-refractivity contribution in [2.75, 3.05) is 13.1 Å². The number of amides is 1. The van der Waals surface area contributed by atoms with Crippen LogP contribution in [0.1, 0.15) is 24.3 Å². The Balaban J connectivity index is 1.81. The van der Waals surface area contributed by atoms with Crippen LogP contribution in [-0.4, -0.2) is 50.5 Å². The smallest absolute Gasteiger partial charge is 0.272 e. The van der Waals surface area contributed by atoms with Crippen molar-refractivity contribution in [1.29, 1.82) is 0 Å². The predicted molar refractivity (Wildman–Crippen MR) is 109 cm³/mol. The van der Waals surface area contributed by atoms with E-state index in [4.69, 9.17) is 21.4 Å². The van der Waals surface area contributed by atoms with Crippen LogP contribution in [0, 0.1) is 0 Å². The molecule has 3 aromatic rings. The van der Waals surface area contributed by atoms with Crippen LogP contribution in [0.4, 0.5) is 0 Å². The summed E-state index contributed by atoms with van der Waals surface area (Å²) in [6, 6.07) is 13.2. The van der Waals surface area contributed by atoms with Crippen LogP contribution >= 0.6 is 11.6 Å². The molecule has 2 atom stereocenters. The summed E-state index contributed by atoms with van der Waals surface area (Å²) < 4.78 is 9.40. The van der Waals surface area contributed by atoms with Crippen LogP contribution in [0.3, 0.4) is 0 Å². The number of halogens is 1. The number of aromatic nitrogens is 3. The molecule has 2 aromatic heterocycles. The number of hydrogen-bond donors (Lipinski definition) is 0. The highest BCUT2D eigenvalue weighted by molar-refractivity contribution is 6.32. The second-order valence-corrected chi connectivity index (χ2v) is 7.66. The minimum atomic E-state index is -0.0742. The fourth-order valence-corrected chi connectivity index (χ4v) is 3.91. The average Bonchev–Trinajstić information content (AvgIpc) is 3.27. The summed E-state index contributed by atoms with van der Waals surface area (Å²) in [6.45, 7) is 5.07. The van der Waals surface area contributed by atoms with Crippen molar-refractivity contribution in [2.45, 2.75) is 26.1 Å². The third kappa shape index (κ3) is 3.45. The highest BCUT2D eigenvalue weighted by Gasteiger charge is 2.30. The van der Waals surface area contributed by atoms with E-state index >= 15 is 0 Å². The number of para-hydroxylation sites is 1. The van der Waals surface area contributed by atoms with Crippen molar-refractivity contribution in [3.8, 4) is 17.1 Å². The summed E-state index contributed by atoms with van der Waals surface area (Å²) in [5.41, 5.74) is 2.83. The Morgan fingerprint density at radius 2 is 1.86 bits per heavy atom. The van der Waals surface area contributed by atoms with E-state index in [-0.39, 0.29) is 18.1 Å². The number of morpholine rings is 1. The molecule has 28 heavy (non-hydrogen) atoms.